The normalized spacial score (nSPS) is 14.2. The zero-order chi connectivity index (χ0) is 16.5. The summed E-state index contributed by atoms with van der Waals surface area (Å²) in [4.78, 5) is 19.5. The number of aromatic nitrogens is 2. The molecule has 4 rings (SSSR count). The number of thiophene rings is 1. The minimum Gasteiger partial charge on any atom is -0.280 e. The maximum atomic E-state index is 12.8. The Bertz CT molecular complexity index is 972. The molecule has 2 aromatic heterocycles. The molecule has 6 heteroatoms. The van der Waals surface area contributed by atoms with Gasteiger partial charge in [-0.1, -0.05) is 30.3 Å². The molecule has 3 aromatic rings. The second-order valence-corrected chi connectivity index (χ2v) is 7.05. The fraction of sp³-hybridized carbons (Fsp3) is 0.278. The van der Waals surface area contributed by atoms with Crippen LogP contribution in [-0.4, -0.2) is 15.8 Å². The third kappa shape index (κ3) is 2.63. The number of rotatable bonds is 3. The Balaban J connectivity index is 1.70. The summed E-state index contributed by atoms with van der Waals surface area (Å²) in [6, 6.07) is 9.81. The van der Waals surface area contributed by atoms with Gasteiger partial charge in [-0.3, -0.25) is 9.36 Å². The summed E-state index contributed by atoms with van der Waals surface area (Å²) in [5.74, 6) is 0.471. The van der Waals surface area contributed by atoms with E-state index in [1.807, 2.05) is 30.3 Å². The average molecular weight is 338 g/mol. The molecule has 0 fully saturated rings. The van der Waals surface area contributed by atoms with Gasteiger partial charge in [0.05, 0.1) is 11.6 Å². The second kappa shape index (κ2) is 6.20. The summed E-state index contributed by atoms with van der Waals surface area (Å²) in [5.41, 5.74) is 5.12. The van der Waals surface area contributed by atoms with E-state index in [0.29, 0.717) is 5.95 Å². The van der Waals surface area contributed by atoms with Crippen molar-refractivity contribution in [2.75, 3.05) is 5.43 Å². The lowest BCUT2D eigenvalue weighted by atomic mass is 9.97. The van der Waals surface area contributed by atoms with Crippen LogP contribution in [0.5, 0.6) is 0 Å². The molecule has 0 bridgehead atoms. The molecule has 0 amide bonds. The monoisotopic (exact) mass is 338 g/mol. The maximum Gasteiger partial charge on any atom is 0.263 e. The average Bonchev–Trinajstić information content (AvgIpc) is 2.98. The van der Waals surface area contributed by atoms with Crippen LogP contribution < -0.4 is 11.0 Å². The number of hydrogen-bond donors (Lipinski definition) is 1. The van der Waals surface area contributed by atoms with Crippen LogP contribution in [0.25, 0.3) is 10.2 Å². The van der Waals surface area contributed by atoms with Crippen LogP contribution in [0.4, 0.5) is 5.95 Å². The molecule has 0 spiro atoms. The van der Waals surface area contributed by atoms with E-state index in [0.717, 1.165) is 35.0 Å². The highest BCUT2D eigenvalue weighted by molar-refractivity contribution is 7.18. The first-order valence-electron chi connectivity index (χ1n) is 8.09. The predicted molar refractivity (Wildman–Crippen MR) is 99.2 cm³/mol. The van der Waals surface area contributed by atoms with Crippen LogP contribution >= 0.6 is 11.3 Å². The zero-order valence-corrected chi connectivity index (χ0v) is 14.3. The molecule has 24 heavy (non-hydrogen) atoms. The number of hydrazone groups is 1. The van der Waals surface area contributed by atoms with Gasteiger partial charge in [0.1, 0.15) is 4.83 Å². The van der Waals surface area contributed by atoms with Crippen LogP contribution in [0.15, 0.2) is 40.2 Å². The predicted octanol–water partition coefficient (Wildman–Crippen LogP) is 3.32. The van der Waals surface area contributed by atoms with Crippen molar-refractivity contribution in [3.05, 3.63) is 56.7 Å². The van der Waals surface area contributed by atoms with Gasteiger partial charge in [0.25, 0.3) is 5.56 Å². The first-order chi connectivity index (χ1) is 11.7. The van der Waals surface area contributed by atoms with Crippen LogP contribution in [-0.2, 0) is 19.9 Å². The van der Waals surface area contributed by atoms with E-state index in [4.69, 9.17) is 0 Å². The van der Waals surface area contributed by atoms with Gasteiger partial charge < -0.3 is 0 Å². The van der Waals surface area contributed by atoms with E-state index < -0.39 is 0 Å². The molecule has 1 aliphatic rings. The van der Waals surface area contributed by atoms with Gasteiger partial charge >= 0.3 is 0 Å². The molecule has 5 nitrogen and oxygen atoms in total. The molecule has 0 unspecified atom stereocenters. The minimum absolute atomic E-state index is 0.0109. The summed E-state index contributed by atoms with van der Waals surface area (Å²) >= 11 is 1.65. The van der Waals surface area contributed by atoms with Crippen molar-refractivity contribution in [2.24, 2.45) is 12.1 Å². The van der Waals surface area contributed by atoms with E-state index >= 15 is 0 Å². The third-order valence-corrected chi connectivity index (χ3v) is 5.56. The van der Waals surface area contributed by atoms with Crippen molar-refractivity contribution in [1.29, 1.82) is 0 Å². The Morgan fingerprint density at radius 3 is 2.88 bits per heavy atom. The van der Waals surface area contributed by atoms with Crippen molar-refractivity contribution in [2.45, 2.75) is 25.7 Å². The highest BCUT2D eigenvalue weighted by Crippen LogP contribution is 2.34. The topological polar surface area (TPSA) is 59.3 Å². The number of anilines is 1. The Kier molecular flexibility index (Phi) is 3.90. The SMILES string of the molecule is Cn1c(NN=Cc2ccccc2)nc2sc3c(c2c1=O)CCCC3. The summed E-state index contributed by atoms with van der Waals surface area (Å²) in [6.07, 6.45) is 6.13. The molecule has 1 aliphatic carbocycles. The largest absolute Gasteiger partial charge is 0.280 e. The molecule has 1 aromatic carbocycles. The van der Waals surface area contributed by atoms with E-state index in [-0.39, 0.29) is 5.56 Å². The van der Waals surface area contributed by atoms with Crippen molar-refractivity contribution in [3.8, 4) is 0 Å². The van der Waals surface area contributed by atoms with Crippen LogP contribution in [0.3, 0.4) is 0 Å². The molecule has 0 radical (unpaired) electrons. The molecule has 0 atom stereocenters. The van der Waals surface area contributed by atoms with Gasteiger partial charge in [0.2, 0.25) is 5.95 Å². The van der Waals surface area contributed by atoms with E-state index in [1.54, 1.807) is 29.2 Å². The number of benzene rings is 1. The third-order valence-electron chi connectivity index (χ3n) is 4.37. The van der Waals surface area contributed by atoms with Gasteiger partial charge in [-0.25, -0.2) is 10.4 Å². The Labute approximate surface area is 143 Å². The highest BCUT2D eigenvalue weighted by Gasteiger charge is 2.20. The van der Waals surface area contributed by atoms with Crippen LogP contribution in [0, 0.1) is 0 Å². The van der Waals surface area contributed by atoms with Gasteiger partial charge in [0.15, 0.2) is 0 Å². The van der Waals surface area contributed by atoms with Crippen molar-refractivity contribution >= 4 is 33.7 Å². The Hall–Kier alpha value is -2.47. The number of aryl methyl sites for hydroxylation is 2. The van der Waals surface area contributed by atoms with E-state index in [9.17, 15) is 4.79 Å². The van der Waals surface area contributed by atoms with Crippen LogP contribution in [0.2, 0.25) is 0 Å². The summed E-state index contributed by atoms with van der Waals surface area (Å²) in [7, 11) is 1.74. The minimum atomic E-state index is 0.0109. The lowest BCUT2D eigenvalue weighted by Gasteiger charge is -2.10. The lowest BCUT2D eigenvalue weighted by Crippen LogP contribution is -2.21. The Morgan fingerprint density at radius 1 is 1.25 bits per heavy atom. The molecule has 2 heterocycles. The summed E-state index contributed by atoms with van der Waals surface area (Å²) in [6.45, 7) is 0. The first-order valence-corrected chi connectivity index (χ1v) is 8.91. The standard InChI is InChI=1S/C18H18N4OS/c1-22-17(23)15-13-9-5-6-10-14(13)24-16(15)20-18(22)21-19-11-12-7-3-2-4-8-12/h2-4,7-8,11H,5-6,9-10H2,1H3,(H,20,21). The number of fused-ring (bicyclic) bond motifs is 3. The quantitative estimate of drug-likeness (QED) is 0.589. The molecule has 122 valence electrons. The number of hydrogen-bond acceptors (Lipinski definition) is 5. The second-order valence-electron chi connectivity index (χ2n) is 5.97. The maximum absolute atomic E-state index is 12.8. The Morgan fingerprint density at radius 2 is 2.04 bits per heavy atom. The van der Waals surface area contributed by atoms with E-state index in [1.165, 1.54) is 16.9 Å². The lowest BCUT2D eigenvalue weighted by molar-refractivity contribution is 0.699. The van der Waals surface area contributed by atoms with Gasteiger partial charge in [0, 0.05) is 11.9 Å². The first kappa shape index (κ1) is 15.1. The molecular formula is C18H18N4OS. The number of nitrogens with one attached hydrogen (secondary N) is 1. The smallest absolute Gasteiger partial charge is 0.263 e. The van der Waals surface area contributed by atoms with Crippen LogP contribution in [0.1, 0.15) is 28.8 Å². The highest BCUT2D eigenvalue weighted by atomic mass is 32.1. The van der Waals surface area contributed by atoms with Gasteiger partial charge in [-0.15, -0.1) is 11.3 Å². The summed E-state index contributed by atoms with van der Waals surface area (Å²) in [5, 5.41) is 5.01. The van der Waals surface area contributed by atoms with Crippen molar-refractivity contribution < 1.29 is 0 Å². The van der Waals surface area contributed by atoms with Crippen molar-refractivity contribution in [3.63, 3.8) is 0 Å². The molecular weight excluding hydrogens is 320 g/mol. The number of nitrogens with zero attached hydrogens (tertiary/aromatic N) is 3. The fourth-order valence-corrected chi connectivity index (χ4v) is 4.34. The fourth-order valence-electron chi connectivity index (χ4n) is 3.09. The molecule has 0 saturated carbocycles. The van der Waals surface area contributed by atoms with Gasteiger partial charge in [-0.2, -0.15) is 5.10 Å². The van der Waals surface area contributed by atoms with Gasteiger partial charge in [-0.05, 0) is 36.8 Å². The van der Waals surface area contributed by atoms with E-state index in [2.05, 4.69) is 15.5 Å². The molecule has 1 N–H and O–H groups in total. The summed E-state index contributed by atoms with van der Waals surface area (Å²) < 4.78 is 1.55. The molecule has 0 saturated heterocycles. The zero-order valence-electron chi connectivity index (χ0n) is 13.5. The molecule has 0 aliphatic heterocycles. The van der Waals surface area contributed by atoms with Crippen molar-refractivity contribution in [1.82, 2.24) is 9.55 Å².